The van der Waals surface area contributed by atoms with Crippen molar-refractivity contribution in [3.63, 3.8) is 0 Å². The van der Waals surface area contributed by atoms with Crippen molar-refractivity contribution in [1.82, 2.24) is 19.4 Å². The van der Waals surface area contributed by atoms with Gasteiger partial charge in [-0.2, -0.15) is 0 Å². The van der Waals surface area contributed by atoms with Gasteiger partial charge in [0.15, 0.2) is 4.96 Å². The summed E-state index contributed by atoms with van der Waals surface area (Å²) in [5.41, 5.74) is 6.79. The summed E-state index contributed by atoms with van der Waals surface area (Å²) in [6, 6.07) is 1.86. The molecule has 0 atom stereocenters. The summed E-state index contributed by atoms with van der Waals surface area (Å²) in [6.45, 7) is 0.464. The first-order chi connectivity index (χ1) is 8.38. The van der Waals surface area contributed by atoms with Gasteiger partial charge in [0.1, 0.15) is 16.4 Å². The topological polar surface area (TPSA) is 69.1 Å². The maximum Gasteiger partial charge on any atom is 0.194 e. The summed E-state index contributed by atoms with van der Waals surface area (Å²) >= 11 is 3.11. The van der Waals surface area contributed by atoms with Crippen LogP contribution in [0.1, 0.15) is 5.69 Å². The minimum absolute atomic E-state index is 0.464. The summed E-state index contributed by atoms with van der Waals surface area (Å²) in [7, 11) is 0. The Morgan fingerprint density at radius 2 is 2.41 bits per heavy atom. The fraction of sp³-hybridized carbons (Fsp3) is 0.100. The molecule has 3 heterocycles. The molecule has 0 aromatic carbocycles. The van der Waals surface area contributed by atoms with Crippen LogP contribution in [0.3, 0.4) is 0 Å². The number of nitrogens with zero attached hydrogens (tertiary/aromatic N) is 4. The third-order valence-electron chi connectivity index (χ3n) is 2.27. The average molecular weight is 263 g/mol. The van der Waals surface area contributed by atoms with E-state index in [1.807, 2.05) is 22.0 Å². The van der Waals surface area contributed by atoms with E-state index in [1.165, 1.54) is 18.1 Å². The van der Waals surface area contributed by atoms with Gasteiger partial charge in [0.05, 0.1) is 5.69 Å². The Bertz CT molecular complexity index is 630. The SMILES string of the molecule is NCc1c(Sc2ccncn2)nc2sccn12. The molecule has 0 radical (unpaired) electrons. The van der Waals surface area contributed by atoms with Crippen LogP contribution in [-0.2, 0) is 6.54 Å². The molecule has 0 saturated heterocycles. The normalized spacial score (nSPS) is 11.1. The van der Waals surface area contributed by atoms with Gasteiger partial charge in [-0.1, -0.05) is 0 Å². The molecule has 0 spiro atoms. The molecule has 0 bridgehead atoms. The van der Waals surface area contributed by atoms with E-state index in [2.05, 4.69) is 15.0 Å². The number of imidazole rings is 1. The van der Waals surface area contributed by atoms with Gasteiger partial charge in [-0.25, -0.2) is 15.0 Å². The summed E-state index contributed by atoms with van der Waals surface area (Å²) in [5.74, 6) is 0. The zero-order valence-electron chi connectivity index (χ0n) is 8.78. The highest BCUT2D eigenvalue weighted by Gasteiger charge is 2.13. The van der Waals surface area contributed by atoms with E-state index in [9.17, 15) is 0 Å². The first kappa shape index (κ1) is 10.7. The van der Waals surface area contributed by atoms with Crippen molar-refractivity contribution in [3.8, 4) is 0 Å². The lowest BCUT2D eigenvalue weighted by Crippen LogP contribution is -2.01. The quantitative estimate of drug-likeness (QED) is 0.730. The maximum absolute atomic E-state index is 5.77. The minimum atomic E-state index is 0.464. The van der Waals surface area contributed by atoms with Gasteiger partial charge < -0.3 is 5.73 Å². The molecular weight excluding hydrogens is 254 g/mol. The molecule has 3 aromatic heterocycles. The molecular formula is C10H9N5S2. The van der Waals surface area contributed by atoms with Gasteiger partial charge in [-0.3, -0.25) is 4.40 Å². The van der Waals surface area contributed by atoms with Gasteiger partial charge >= 0.3 is 0 Å². The van der Waals surface area contributed by atoms with Crippen LogP contribution in [0, 0.1) is 0 Å². The van der Waals surface area contributed by atoms with Crippen molar-refractivity contribution in [2.45, 2.75) is 16.6 Å². The van der Waals surface area contributed by atoms with Crippen molar-refractivity contribution in [2.24, 2.45) is 5.73 Å². The summed E-state index contributed by atoms with van der Waals surface area (Å²) < 4.78 is 2.02. The maximum atomic E-state index is 5.77. The summed E-state index contributed by atoms with van der Waals surface area (Å²) in [5, 5.41) is 3.79. The third kappa shape index (κ3) is 1.92. The minimum Gasteiger partial charge on any atom is -0.325 e. The van der Waals surface area contributed by atoms with Crippen molar-refractivity contribution < 1.29 is 0 Å². The molecule has 0 fully saturated rings. The number of thiazole rings is 1. The molecule has 3 aromatic rings. The molecule has 0 saturated carbocycles. The molecule has 3 rings (SSSR count). The molecule has 0 aliphatic rings. The van der Waals surface area contributed by atoms with E-state index in [0.717, 1.165) is 20.7 Å². The second kappa shape index (κ2) is 4.44. The Kier molecular flexibility index (Phi) is 2.79. The van der Waals surface area contributed by atoms with Crippen LogP contribution in [0.15, 0.2) is 40.2 Å². The second-order valence-electron chi connectivity index (χ2n) is 3.27. The number of nitrogens with two attached hydrogens (primary N) is 1. The van der Waals surface area contributed by atoms with Gasteiger partial charge in [0, 0.05) is 24.3 Å². The summed E-state index contributed by atoms with van der Waals surface area (Å²) in [4.78, 5) is 13.6. The molecule has 5 nitrogen and oxygen atoms in total. The number of fused-ring (bicyclic) bond motifs is 1. The van der Waals surface area contributed by atoms with Gasteiger partial charge in [0.25, 0.3) is 0 Å². The van der Waals surface area contributed by atoms with Crippen LogP contribution in [-0.4, -0.2) is 19.4 Å². The third-order valence-corrected chi connectivity index (χ3v) is 4.00. The Hall–Kier alpha value is -1.44. The lowest BCUT2D eigenvalue weighted by Gasteiger charge is -1.99. The number of aromatic nitrogens is 4. The van der Waals surface area contributed by atoms with E-state index < -0.39 is 0 Å². The fourth-order valence-electron chi connectivity index (χ4n) is 1.52. The zero-order valence-corrected chi connectivity index (χ0v) is 10.4. The lowest BCUT2D eigenvalue weighted by molar-refractivity contribution is 0.922. The van der Waals surface area contributed by atoms with Crippen LogP contribution in [0.2, 0.25) is 0 Å². The van der Waals surface area contributed by atoms with E-state index in [-0.39, 0.29) is 0 Å². The molecule has 17 heavy (non-hydrogen) atoms. The first-order valence-corrected chi connectivity index (χ1v) is 6.66. The number of hydrogen-bond acceptors (Lipinski definition) is 6. The van der Waals surface area contributed by atoms with E-state index in [1.54, 1.807) is 17.5 Å². The fourth-order valence-corrected chi connectivity index (χ4v) is 3.17. The highest BCUT2D eigenvalue weighted by molar-refractivity contribution is 7.99. The molecule has 0 aliphatic heterocycles. The lowest BCUT2D eigenvalue weighted by atomic mass is 10.5. The molecule has 0 amide bonds. The number of rotatable bonds is 3. The smallest absolute Gasteiger partial charge is 0.194 e. The second-order valence-corrected chi connectivity index (χ2v) is 5.16. The van der Waals surface area contributed by atoms with Gasteiger partial charge in [-0.05, 0) is 17.8 Å². The van der Waals surface area contributed by atoms with Crippen LogP contribution < -0.4 is 5.73 Å². The Morgan fingerprint density at radius 3 is 3.18 bits per heavy atom. The van der Waals surface area contributed by atoms with Gasteiger partial charge in [0.2, 0.25) is 0 Å². The van der Waals surface area contributed by atoms with E-state index in [0.29, 0.717) is 6.54 Å². The van der Waals surface area contributed by atoms with Crippen LogP contribution in [0.4, 0.5) is 0 Å². The monoisotopic (exact) mass is 263 g/mol. The highest BCUT2D eigenvalue weighted by Crippen LogP contribution is 2.29. The zero-order chi connectivity index (χ0) is 11.7. The van der Waals surface area contributed by atoms with Crippen LogP contribution in [0.5, 0.6) is 0 Å². The molecule has 0 unspecified atom stereocenters. The molecule has 2 N–H and O–H groups in total. The van der Waals surface area contributed by atoms with Crippen molar-refractivity contribution in [3.05, 3.63) is 35.9 Å². The Balaban J connectivity index is 2.02. The van der Waals surface area contributed by atoms with Crippen molar-refractivity contribution >= 4 is 28.1 Å². The number of hydrogen-bond donors (Lipinski definition) is 1. The largest absolute Gasteiger partial charge is 0.325 e. The standard InChI is InChI=1S/C10H9N5S2/c11-5-7-9(14-10-15(7)3-4-16-10)17-8-1-2-12-6-13-8/h1-4,6H,5,11H2. The van der Waals surface area contributed by atoms with Gasteiger partial charge in [-0.15, -0.1) is 11.3 Å². The predicted molar refractivity (Wildman–Crippen MR) is 67.1 cm³/mol. The van der Waals surface area contributed by atoms with Crippen LogP contribution >= 0.6 is 23.1 Å². The van der Waals surface area contributed by atoms with E-state index in [4.69, 9.17) is 5.73 Å². The Morgan fingerprint density at radius 1 is 1.47 bits per heavy atom. The highest BCUT2D eigenvalue weighted by atomic mass is 32.2. The van der Waals surface area contributed by atoms with Crippen LogP contribution in [0.25, 0.3) is 4.96 Å². The molecule has 0 aliphatic carbocycles. The first-order valence-electron chi connectivity index (χ1n) is 4.97. The van der Waals surface area contributed by atoms with Crippen molar-refractivity contribution in [2.75, 3.05) is 0 Å². The average Bonchev–Trinajstić information content (AvgIpc) is 2.90. The predicted octanol–water partition coefficient (Wildman–Crippen LogP) is 1.80. The van der Waals surface area contributed by atoms with Crippen molar-refractivity contribution in [1.29, 1.82) is 0 Å². The molecule has 7 heteroatoms. The molecule has 86 valence electrons. The van der Waals surface area contributed by atoms with E-state index >= 15 is 0 Å². The summed E-state index contributed by atoms with van der Waals surface area (Å²) in [6.07, 6.45) is 5.23. The Labute approximate surface area is 106 Å².